The molecule has 0 saturated carbocycles. The number of para-hydroxylation sites is 1. The lowest BCUT2D eigenvalue weighted by Gasteiger charge is -2.37. The summed E-state index contributed by atoms with van der Waals surface area (Å²) < 4.78 is 17.5. The quantitative estimate of drug-likeness (QED) is 0.500. The zero-order valence-electron chi connectivity index (χ0n) is 15.2. The fourth-order valence-electron chi connectivity index (χ4n) is 3.36. The van der Waals surface area contributed by atoms with Gasteiger partial charge in [-0.1, -0.05) is 18.2 Å². The van der Waals surface area contributed by atoms with Gasteiger partial charge in [0.15, 0.2) is 5.96 Å². The molecular weight excluding hydrogens is 318 g/mol. The Balaban J connectivity index is 1.45. The summed E-state index contributed by atoms with van der Waals surface area (Å²) in [5.41, 5.74) is 1.15. The van der Waals surface area contributed by atoms with E-state index >= 15 is 0 Å². The highest BCUT2D eigenvalue weighted by Crippen LogP contribution is 2.21. The van der Waals surface area contributed by atoms with Crippen LogP contribution < -0.4 is 10.1 Å². The minimum Gasteiger partial charge on any atom is -0.491 e. The minimum absolute atomic E-state index is 0.137. The van der Waals surface area contributed by atoms with Crippen LogP contribution in [0, 0.1) is 6.92 Å². The molecule has 0 aromatic heterocycles. The highest BCUT2D eigenvalue weighted by atomic mass is 16.5. The average Bonchev–Trinajstić information content (AvgIpc) is 3.18. The molecular formula is C19H29N3O3. The molecule has 2 heterocycles. The predicted molar refractivity (Wildman–Crippen MR) is 98.3 cm³/mol. The van der Waals surface area contributed by atoms with Crippen LogP contribution in [-0.4, -0.2) is 69.6 Å². The smallest absolute Gasteiger partial charge is 0.193 e. The lowest BCUT2D eigenvalue weighted by Crippen LogP contribution is -2.53. The summed E-state index contributed by atoms with van der Waals surface area (Å²) in [6, 6.07) is 8.07. The van der Waals surface area contributed by atoms with Crippen LogP contribution in [0.3, 0.4) is 0 Å². The Kier molecular flexibility index (Phi) is 6.53. The summed E-state index contributed by atoms with van der Waals surface area (Å²) in [6.07, 6.45) is 2.59. The number of ether oxygens (including phenoxy) is 3. The molecule has 1 N–H and O–H groups in total. The molecule has 2 fully saturated rings. The molecule has 1 aromatic rings. The van der Waals surface area contributed by atoms with Crippen molar-refractivity contribution < 1.29 is 14.2 Å². The third-order valence-electron chi connectivity index (χ3n) is 4.72. The molecule has 2 saturated heterocycles. The predicted octanol–water partition coefficient (Wildman–Crippen LogP) is 1.83. The van der Waals surface area contributed by atoms with Gasteiger partial charge in [-0.05, 0) is 31.4 Å². The first kappa shape index (κ1) is 18.0. The number of nitrogens with one attached hydrogen (secondary N) is 1. The number of morpholine rings is 1. The molecule has 0 amide bonds. The minimum atomic E-state index is 0.137. The monoisotopic (exact) mass is 347 g/mol. The van der Waals surface area contributed by atoms with Gasteiger partial charge in [0.2, 0.25) is 0 Å². The van der Waals surface area contributed by atoms with E-state index in [0.29, 0.717) is 19.8 Å². The van der Waals surface area contributed by atoms with Crippen LogP contribution in [0.25, 0.3) is 0 Å². The van der Waals surface area contributed by atoms with Crippen LogP contribution in [0.5, 0.6) is 5.75 Å². The number of hydrogen-bond donors (Lipinski definition) is 1. The number of aliphatic imine (C=N–C) groups is 1. The first-order valence-corrected chi connectivity index (χ1v) is 9.15. The van der Waals surface area contributed by atoms with Crippen LogP contribution in [-0.2, 0) is 9.47 Å². The van der Waals surface area contributed by atoms with E-state index in [-0.39, 0.29) is 12.2 Å². The molecule has 0 spiro atoms. The van der Waals surface area contributed by atoms with Crippen LogP contribution in [0.4, 0.5) is 0 Å². The molecule has 6 nitrogen and oxygen atoms in total. The average molecular weight is 347 g/mol. The Bertz CT molecular complexity index is 573. The van der Waals surface area contributed by atoms with Gasteiger partial charge < -0.3 is 24.4 Å². The molecule has 6 heteroatoms. The fraction of sp³-hybridized carbons (Fsp3) is 0.632. The van der Waals surface area contributed by atoms with Gasteiger partial charge in [0.25, 0.3) is 0 Å². The molecule has 0 radical (unpaired) electrons. The van der Waals surface area contributed by atoms with Gasteiger partial charge in [0.05, 0.1) is 19.3 Å². The summed E-state index contributed by atoms with van der Waals surface area (Å²) in [5, 5.41) is 3.39. The van der Waals surface area contributed by atoms with Gasteiger partial charge >= 0.3 is 0 Å². The SMILES string of the molecule is CN=C(NCCOc1ccccc1C)N1CCOC(C2CCCO2)C1. The number of hydrogen-bond acceptors (Lipinski definition) is 4. The van der Waals surface area contributed by atoms with Crippen molar-refractivity contribution in [3.8, 4) is 5.75 Å². The van der Waals surface area contributed by atoms with Crippen molar-refractivity contribution in [3.63, 3.8) is 0 Å². The van der Waals surface area contributed by atoms with Crippen molar-refractivity contribution in [2.45, 2.75) is 32.0 Å². The lowest BCUT2D eigenvalue weighted by atomic mass is 10.1. The van der Waals surface area contributed by atoms with E-state index < -0.39 is 0 Å². The molecule has 0 aliphatic carbocycles. The third-order valence-corrected chi connectivity index (χ3v) is 4.72. The maximum Gasteiger partial charge on any atom is 0.193 e. The first-order chi connectivity index (χ1) is 12.3. The van der Waals surface area contributed by atoms with Crippen LogP contribution in [0.2, 0.25) is 0 Å². The van der Waals surface area contributed by atoms with Gasteiger partial charge in [0.1, 0.15) is 18.5 Å². The van der Waals surface area contributed by atoms with Gasteiger partial charge in [-0.25, -0.2) is 0 Å². The van der Waals surface area contributed by atoms with E-state index in [1.165, 1.54) is 0 Å². The Morgan fingerprint density at radius 3 is 2.88 bits per heavy atom. The molecule has 25 heavy (non-hydrogen) atoms. The van der Waals surface area contributed by atoms with Crippen molar-refractivity contribution in [1.29, 1.82) is 0 Å². The number of benzene rings is 1. The van der Waals surface area contributed by atoms with E-state index in [2.05, 4.69) is 28.2 Å². The lowest BCUT2D eigenvalue weighted by molar-refractivity contribution is -0.0817. The molecule has 0 bridgehead atoms. The first-order valence-electron chi connectivity index (χ1n) is 9.15. The normalized spacial score (nSPS) is 24.4. The Morgan fingerprint density at radius 1 is 1.28 bits per heavy atom. The van der Waals surface area contributed by atoms with Crippen LogP contribution in [0.1, 0.15) is 18.4 Å². The zero-order valence-corrected chi connectivity index (χ0v) is 15.2. The number of aryl methyl sites for hydroxylation is 1. The molecule has 3 rings (SSSR count). The van der Waals surface area contributed by atoms with Crippen molar-refractivity contribution in [2.75, 3.05) is 46.5 Å². The molecule has 2 atom stereocenters. The molecule has 1 aromatic carbocycles. The van der Waals surface area contributed by atoms with Crippen molar-refractivity contribution in [1.82, 2.24) is 10.2 Å². The van der Waals surface area contributed by atoms with E-state index in [0.717, 1.165) is 49.8 Å². The number of nitrogens with zero attached hydrogens (tertiary/aromatic N) is 2. The second kappa shape index (κ2) is 9.06. The maximum atomic E-state index is 5.91. The Morgan fingerprint density at radius 2 is 2.12 bits per heavy atom. The topological polar surface area (TPSA) is 55.3 Å². The second-order valence-electron chi connectivity index (χ2n) is 6.49. The van der Waals surface area contributed by atoms with Crippen molar-refractivity contribution >= 4 is 5.96 Å². The van der Waals surface area contributed by atoms with E-state index in [1.54, 1.807) is 0 Å². The summed E-state index contributed by atoms with van der Waals surface area (Å²) >= 11 is 0. The standard InChI is InChI=1S/C19H29N3O3/c1-15-6-3-4-7-16(15)24-12-9-21-19(20-2)22-10-13-25-18(14-22)17-8-5-11-23-17/h3-4,6-7,17-18H,5,8-14H2,1-2H3,(H,20,21). The van der Waals surface area contributed by atoms with E-state index in [1.807, 2.05) is 25.2 Å². The second-order valence-corrected chi connectivity index (χ2v) is 6.49. The van der Waals surface area contributed by atoms with Gasteiger partial charge in [0, 0.05) is 26.7 Å². The van der Waals surface area contributed by atoms with E-state index in [4.69, 9.17) is 14.2 Å². The van der Waals surface area contributed by atoms with Gasteiger partial charge in [-0.15, -0.1) is 0 Å². The highest BCUT2D eigenvalue weighted by Gasteiger charge is 2.32. The number of guanidine groups is 1. The van der Waals surface area contributed by atoms with Gasteiger partial charge in [-0.3, -0.25) is 4.99 Å². The molecule has 2 unspecified atom stereocenters. The summed E-state index contributed by atoms with van der Waals surface area (Å²) in [4.78, 5) is 6.67. The zero-order chi connectivity index (χ0) is 17.5. The van der Waals surface area contributed by atoms with Crippen molar-refractivity contribution in [2.24, 2.45) is 4.99 Å². The highest BCUT2D eigenvalue weighted by molar-refractivity contribution is 5.80. The Hall–Kier alpha value is -1.79. The third kappa shape index (κ3) is 4.86. The van der Waals surface area contributed by atoms with Gasteiger partial charge in [-0.2, -0.15) is 0 Å². The summed E-state index contributed by atoms with van der Waals surface area (Å²) in [6.45, 7) is 6.61. The summed E-state index contributed by atoms with van der Waals surface area (Å²) in [7, 11) is 1.82. The Labute approximate surface area is 150 Å². The van der Waals surface area contributed by atoms with Crippen LogP contribution >= 0.6 is 0 Å². The largest absolute Gasteiger partial charge is 0.491 e. The molecule has 2 aliphatic rings. The van der Waals surface area contributed by atoms with Crippen molar-refractivity contribution in [3.05, 3.63) is 29.8 Å². The maximum absolute atomic E-state index is 5.91. The number of rotatable bonds is 5. The molecule has 2 aliphatic heterocycles. The summed E-state index contributed by atoms with van der Waals surface area (Å²) in [5.74, 6) is 1.84. The van der Waals surface area contributed by atoms with E-state index in [9.17, 15) is 0 Å². The molecule has 138 valence electrons. The van der Waals surface area contributed by atoms with Crippen LogP contribution in [0.15, 0.2) is 29.3 Å². The fourth-order valence-corrected chi connectivity index (χ4v) is 3.36.